The summed E-state index contributed by atoms with van der Waals surface area (Å²) in [4.78, 5) is 22.7. The van der Waals surface area contributed by atoms with Gasteiger partial charge in [0.1, 0.15) is 0 Å². The normalized spacial score (nSPS) is 16.1. The summed E-state index contributed by atoms with van der Waals surface area (Å²) >= 11 is 0. The van der Waals surface area contributed by atoms with Crippen molar-refractivity contribution in [3.05, 3.63) is 23.8 Å². The van der Waals surface area contributed by atoms with E-state index in [0.717, 1.165) is 25.7 Å². The fourth-order valence-electron chi connectivity index (χ4n) is 2.74. The first-order valence-corrected chi connectivity index (χ1v) is 9.79. The van der Waals surface area contributed by atoms with E-state index in [1.807, 2.05) is 0 Å². The summed E-state index contributed by atoms with van der Waals surface area (Å²) in [5.41, 5.74) is 0.985. The van der Waals surface area contributed by atoms with E-state index >= 15 is 0 Å². The molecule has 1 aromatic carbocycles. The number of anilines is 1. The quantitative estimate of drug-likeness (QED) is 0.803. The number of hydrogen-bond donors (Lipinski definition) is 1. The number of carbonyl (C=O) groups excluding carboxylic acids is 2. The molecule has 0 aromatic heterocycles. The lowest BCUT2D eigenvalue weighted by Crippen LogP contribution is -2.32. The van der Waals surface area contributed by atoms with Crippen LogP contribution in [0.3, 0.4) is 0 Å². The lowest BCUT2D eigenvalue weighted by molar-refractivity contribution is -0.144. The standard InChI is InChI=1S/C17H24N2O5S/c1-13-7-8-15(18-17(21)12-24-14(2)20)11-16(13)25(22,23)19-9-5-3-4-6-10-19/h7-8,11H,3-6,9-10,12H2,1-2H3,(H,18,21). The molecule has 25 heavy (non-hydrogen) atoms. The molecular formula is C17H24N2O5S. The van der Waals surface area contributed by atoms with Crippen LogP contribution in [0.1, 0.15) is 38.2 Å². The van der Waals surface area contributed by atoms with Gasteiger partial charge in [0.15, 0.2) is 6.61 Å². The average Bonchev–Trinajstić information content (AvgIpc) is 2.84. The van der Waals surface area contributed by atoms with E-state index in [0.29, 0.717) is 24.3 Å². The van der Waals surface area contributed by atoms with Gasteiger partial charge in [-0.3, -0.25) is 9.59 Å². The fraction of sp³-hybridized carbons (Fsp3) is 0.529. The van der Waals surface area contributed by atoms with Crippen molar-refractivity contribution in [2.24, 2.45) is 0 Å². The predicted molar refractivity (Wildman–Crippen MR) is 93.7 cm³/mol. The molecule has 0 atom stereocenters. The van der Waals surface area contributed by atoms with Crippen LogP contribution < -0.4 is 5.32 Å². The van der Waals surface area contributed by atoms with Crippen LogP contribution in [0.25, 0.3) is 0 Å². The Morgan fingerprint density at radius 1 is 1.16 bits per heavy atom. The topological polar surface area (TPSA) is 92.8 Å². The molecule has 8 heteroatoms. The van der Waals surface area contributed by atoms with Crippen LogP contribution in [-0.4, -0.2) is 44.3 Å². The first-order valence-electron chi connectivity index (χ1n) is 8.35. The SMILES string of the molecule is CC(=O)OCC(=O)Nc1ccc(C)c(S(=O)(=O)N2CCCCCC2)c1. The molecule has 0 bridgehead atoms. The van der Waals surface area contributed by atoms with Crippen LogP contribution in [0, 0.1) is 6.92 Å². The van der Waals surface area contributed by atoms with Crippen molar-refractivity contribution >= 4 is 27.6 Å². The Bertz CT molecular complexity index is 737. The van der Waals surface area contributed by atoms with Crippen molar-refractivity contribution in [2.75, 3.05) is 25.0 Å². The van der Waals surface area contributed by atoms with Gasteiger partial charge in [-0.1, -0.05) is 18.9 Å². The number of nitrogens with one attached hydrogen (secondary N) is 1. The van der Waals surface area contributed by atoms with Crippen LogP contribution in [-0.2, 0) is 24.3 Å². The van der Waals surface area contributed by atoms with Crippen LogP contribution >= 0.6 is 0 Å². The summed E-state index contributed by atoms with van der Waals surface area (Å²) in [6.45, 7) is 3.58. The highest BCUT2D eigenvalue weighted by Crippen LogP contribution is 2.25. The summed E-state index contributed by atoms with van der Waals surface area (Å²) in [5, 5.41) is 2.55. The van der Waals surface area contributed by atoms with Gasteiger partial charge in [-0.2, -0.15) is 4.31 Å². The maximum absolute atomic E-state index is 13.0. The highest BCUT2D eigenvalue weighted by atomic mass is 32.2. The molecule has 7 nitrogen and oxygen atoms in total. The zero-order valence-electron chi connectivity index (χ0n) is 14.6. The minimum Gasteiger partial charge on any atom is -0.456 e. The van der Waals surface area contributed by atoms with Crippen LogP contribution in [0.2, 0.25) is 0 Å². The van der Waals surface area contributed by atoms with E-state index in [2.05, 4.69) is 10.1 Å². The molecule has 1 aliphatic rings. The summed E-state index contributed by atoms with van der Waals surface area (Å²) in [5.74, 6) is -1.07. The van der Waals surface area contributed by atoms with Gasteiger partial charge in [0, 0.05) is 25.7 Å². The summed E-state index contributed by atoms with van der Waals surface area (Å²) < 4.78 is 32.1. The molecule has 1 aromatic rings. The second kappa shape index (κ2) is 8.44. The van der Waals surface area contributed by atoms with E-state index in [9.17, 15) is 18.0 Å². The molecule has 1 fully saturated rings. The van der Waals surface area contributed by atoms with Crippen LogP contribution in [0.15, 0.2) is 23.1 Å². The van der Waals surface area contributed by atoms with Crippen LogP contribution in [0.4, 0.5) is 5.69 Å². The molecule has 0 radical (unpaired) electrons. The average molecular weight is 368 g/mol. The van der Waals surface area contributed by atoms with Gasteiger partial charge in [-0.15, -0.1) is 0 Å². The number of sulfonamides is 1. The van der Waals surface area contributed by atoms with E-state index in [1.54, 1.807) is 19.1 Å². The number of esters is 1. The van der Waals surface area contributed by atoms with Gasteiger partial charge >= 0.3 is 5.97 Å². The lowest BCUT2D eigenvalue weighted by Gasteiger charge is -2.21. The Morgan fingerprint density at radius 3 is 2.40 bits per heavy atom. The van der Waals surface area contributed by atoms with Gasteiger partial charge in [0.25, 0.3) is 5.91 Å². The summed E-state index contributed by atoms with van der Waals surface area (Å²) in [6, 6.07) is 4.75. The van der Waals surface area contributed by atoms with Crippen molar-refractivity contribution in [3.8, 4) is 0 Å². The van der Waals surface area contributed by atoms with Crippen molar-refractivity contribution in [2.45, 2.75) is 44.4 Å². The highest BCUT2D eigenvalue weighted by molar-refractivity contribution is 7.89. The van der Waals surface area contributed by atoms with Gasteiger partial charge in [-0.05, 0) is 37.5 Å². The van der Waals surface area contributed by atoms with E-state index in [1.165, 1.54) is 17.3 Å². The maximum Gasteiger partial charge on any atom is 0.303 e. The Balaban J connectivity index is 2.20. The number of carbonyl (C=O) groups is 2. The van der Waals surface area contributed by atoms with E-state index in [4.69, 9.17) is 0 Å². The van der Waals surface area contributed by atoms with Crippen molar-refractivity contribution in [3.63, 3.8) is 0 Å². The maximum atomic E-state index is 13.0. The minimum atomic E-state index is -3.60. The molecule has 0 aliphatic carbocycles. The number of nitrogens with zero attached hydrogens (tertiary/aromatic N) is 1. The zero-order chi connectivity index (χ0) is 18.4. The Hall–Kier alpha value is -1.93. The molecule has 1 amide bonds. The number of benzene rings is 1. The van der Waals surface area contributed by atoms with Crippen LogP contribution in [0.5, 0.6) is 0 Å². The molecule has 2 rings (SSSR count). The minimum absolute atomic E-state index is 0.194. The monoisotopic (exact) mass is 368 g/mol. The molecule has 138 valence electrons. The number of ether oxygens (including phenoxy) is 1. The van der Waals surface area contributed by atoms with E-state index < -0.39 is 28.5 Å². The summed E-state index contributed by atoms with van der Waals surface area (Å²) in [6.07, 6.45) is 3.79. The third kappa shape index (κ3) is 5.27. The van der Waals surface area contributed by atoms with E-state index in [-0.39, 0.29) is 4.90 Å². The fourth-order valence-corrected chi connectivity index (χ4v) is 4.51. The molecule has 0 saturated carbocycles. The first-order chi connectivity index (χ1) is 11.8. The van der Waals surface area contributed by atoms with Crippen molar-refractivity contribution in [1.29, 1.82) is 0 Å². The second-order valence-electron chi connectivity index (χ2n) is 6.13. The molecule has 1 saturated heterocycles. The molecular weight excluding hydrogens is 344 g/mol. The predicted octanol–water partition coefficient (Wildman–Crippen LogP) is 2.06. The van der Waals surface area contributed by atoms with Gasteiger partial charge < -0.3 is 10.1 Å². The Morgan fingerprint density at radius 2 is 1.80 bits per heavy atom. The van der Waals surface area contributed by atoms with Gasteiger partial charge in [-0.25, -0.2) is 8.42 Å². The third-order valence-corrected chi connectivity index (χ3v) is 6.10. The molecule has 1 heterocycles. The lowest BCUT2D eigenvalue weighted by atomic mass is 10.2. The number of rotatable bonds is 5. The molecule has 0 unspecified atom stereocenters. The molecule has 1 aliphatic heterocycles. The number of aryl methyl sites for hydroxylation is 1. The van der Waals surface area contributed by atoms with Crippen molar-refractivity contribution in [1.82, 2.24) is 4.31 Å². The number of amides is 1. The first kappa shape index (κ1) is 19.4. The largest absolute Gasteiger partial charge is 0.456 e. The summed E-state index contributed by atoms with van der Waals surface area (Å²) in [7, 11) is -3.60. The third-order valence-electron chi connectivity index (χ3n) is 4.06. The smallest absolute Gasteiger partial charge is 0.303 e. The second-order valence-corrected chi connectivity index (χ2v) is 8.03. The van der Waals surface area contributed by atoms with Crippen molar-refractivity contribution < 1.29 is 22.7 Å². The number of hydrogen-bond acceptors (Lipinski definition) is 5. The zero-order valence-corrected chi connectivity index (χ0v) is 15.4. The Kier molecular flexibility index (Phi) is 6.55. The highest BCUT2D eigenvalue weighted by Gasteiger charge is 2.27. The van der Waals surface area contributed by atoms with Gasteiger partial charge in [0.05, 0.1) is 4.90 Å². The molecule has 1 N–H and O–H groups in total. The molecule has 0 spiro atoms. The Labute approximate surface area is 148 Å². The van der Waals surface area contributed by atoms with Gasteiger partial charge in [0.2, 0.25) is 10.0 Å².